The lowest BCUT2D eigenvalue weighted by Gasteiger charge is -1.94. The van der Waals surface area contributed by atoms with Gasteiger partial charge in [0.15, 0.2) is 0 Å². The summed E-state index contributed by atoms with van der Waals surface area (Å²) in [6.45, 7) is 0. The number of rotatable bonds is 2. The molecule has 0 aliphatic heterocycles. The first kappa shape index (κ1) is 10.4. The highest BCUT2D eigenvalue weighted by Crippen LogP contribution is 2.22. The number of phenols is 1. The fraction of sp³-hybridized carbons (Fsp3) is 0. The van der Waals surface area contributed by atoms with E-state index in [1.807, 2.05) is 12.1 Å². The number of hydrogen-bond acceptors (Lipinski definition) is 5. The van der Waals surface area contributed by atoms with Crippen LogP contribution in [-0.2, 0) is 0 Å². The lowest BCUT2D eigenvalue weighted by molar-refractivity contribution is 0.475. The number of H-pyrrole nitrogens is 1. The molecule has 18 heavy (non-hydrogen) atoms. The predicted octanol–water partition coefficient (Wildman–Crippen LogP) is 3.08. The zero-order chi connectivity index (χ0) is 12.4. The monoisotopic (exact) mass is 239 g/mol. The van der Waals surface area contributed by atoms with E-state index in [-0.39, 0.29) is 5.75 Å². The molecule has 6 nitrogen and oxygen atoms in total. The molecule has 2 aromatic carbocycles. The van der Waals surface area contributed by atoms with Gasteiger partial charge in [-0.1, -0.05) is 5.21 Å². The highest BCUT2D eigenvalue weighted by molar-refractivity contribution is 5.76. The molecular formula is C12H9N5O. The van der Waals surface area contributed by atoms with Crippen LogP contribution in [-0.4, -0.2) is 20.5 Å². The molecule has 0 spiro atoms. The maximum Gasteiger partial charge on any atom is 0.115 e. The minimum Gasteiger partial charge on any atom is -0.508 e. The summed E-state index contributed by atoms with van der Waals surface area (Å²) in [6.07, 6.45) is 0. The first-order valence-electron chi connectivity index (χ1n) is 5.33. The van der Waals surface area contributed by atoms with Gasteiger partial charge in [-0.25, -0.2) is 0 Å². The Labute approximate surface area is 102 Å². The van der Waals surface area contributed by atoms with E-state index in [2.05, 4.69) is 25.6 Å². The maximum absolute atomic E-state index is 9.15. The molecule has 1 heterocycles. The molecule has 0 unspecified atom stereocenters. The summed E-state index contributed by atoms with van der Waals surface area (Å²) in [5.41, 5.74) is 2.98. The summed E-state index contributed by atoms with van der Waals surface area (Å²) >= 11 is 0. The summed E-state index contributed by atoms with van der Waals surface area (Å²) in [7, 11) is 0. The average molecular weight is 239 g/mol. The van der Waals surface area contributed by atoms with Gasteiger partial charge >= 0.3 is 0 Å². The third-order valence-electron chi connectivity index (χ3n) is 2.44. The Kier molecular flexibility index (Phi) is 2.45. The molecule has 0 aliphatic rings. The number of aromatic nitrogens is 3. The summed E-state index contributed by atoms with van der Waals surface area (Å²) in [4.78, 5) is 0. The van der Waals surface area contributed by atoms with Crippen molar-refractivity contribution in [2.24, 2.45) is 10.2 Å². The van der Waals surface area contributed by atoms with Crippen molar-refractivity contribution in [1.29, 1.82) is 0 Å². The van der Waals surface area contributed by atoms with E-state index >= 15 is 0 Å². The molecule has 3 aromatic rings. The largest absolute Gasteiger partial charge is 0.508 e. The third kappa shape index (κ3) is 2.03. The molecule has 0 aliphatic carbocycles. The smallest absolute Gasteiger partial charge is 0.115 e. The van der Waals surface area contributed by atoms with Crippen molar-refractivity contribution in [2.45, 2.75) is 0 Å². The van der Waals surface area contributed by atoms with E-state index in [9.17, 15) is 0 Å². The molecule has 3 rings (SSSR count). The number of aromatic hydroxyl groups is 1. The standard InChI is InChI=1S/C12H9N5O/c18-10-4-1-8(2-5-10)13-14-9-3-6-11-12(7-9)16-17-15-11/h1-7,18H,(H,15,16,17)/b14-13+. The maximum atomic E-state index is 9.15. The van der Waals surface area contributed by atoms with Gasteiger partial charge in [-0.2, -0.15) is 10.2 Å². The van der Waals surface area contributed by atoms with Crippen molar-refractivity contribution in [1.82, 2.24) is 15.4 Å². The van der Waals surface area contributed by atoms with Crippen LogP contribution < -0.4 is 0 Å². The Morgan fingerprint density at radius 1 is 0.944 bits per heavy atom. The lowest BCUT2D eigenvalue weighted by Crippen LogP contribution is -1.69. The van der Waals surface area contributed by atoms with Crippen LogP contribution >= 0.6 is 0 Å². The second-order valence-corrected chi connectivity index (χ2v) is 3.73. The number of azo groups is 1. The zero-order valence-corrected chi connectivity index (χ0v) is 9.28. The van der Waals surface area contributed by atoms with Crippen LogP contribution in [0.5, 0.6) is 5.75 Å². The highest BCUT2D eigenvalue weighted by Gasteiger charge is 1.98. The Morgan fingerprint density at radius 3 is 2.50 bits per heavy atom. The van der Waals surface area contributed by atoms with Crippen LogP contribution in [0.15, 0.2) is 52.7 Å². The second-order valence-electron chi connectivity index (χ2n) is 3.73. The molecule has 88 valence electrons. The van der Waals surface area contributed by atoms with Crippen LogP contribution in [0, 0.1) is 0 Å². The molecule has 6 heteroatoms. The van der Waals surface area contributed by atoms with Crippen LogP contribution in [0.3, 0.4) is 0 Å². The fourth-order valence-electron chi connectivity index (χ4n) is 1.53. The van der Waals surface area contributed by atoms with Gasteiger partial charge in [0.2, 0.25) is 0 Å². The zero-order valence-electron chi connectivity index (χ0n) is 9.28. The quantitative estimate of drug-likeness (QED) is 0.673. The van der Waals surface area contributed by atoms with Gasteiger partial charge in [0.1, 0.15) is 11.3 Å². The molecule has 0 radical (unpaired) electrons. The number of fused-ring (bicyclic) bond motifs is 1. The van der Waals surface area contributed by atoms with Gasteiger partial charge in [0, 0.05) is 0 Å². The third-order valence-corrected chi connectivity index (χ3v) is 2.44. The van der Waals surface area contributed by atoms with Crippen LogP contribution in [0.1, 0.15) is 0 Å². The number of benzene rings is 2. The summed E-state index contributed by atoms with van der Waals surface area (Å²) < 4.78 is 0. The summed E-state index contributed by atoms with van der Waals surface area (Å²) in [6, 6.07) is 12.0. The minimum absolute atomic E-state index is 0.206. The summed E-state index contributed by atoms with van der Waals surface area (Å²) in [5.74, 6) is 0.206. The first-order valence-corrected chi connectivity index (χ1v) is 5.33. The predicted molar refractivity (Wildman–Crippen MR) is 66.2 cm³/mol. The van der Waals surface area contributed by atoms with Crippen LogP contribution in [0.4, 0.5) is 11.4 Å². The van der Waals surface area contributed by atoms with E-state index in [4.69, 9.17) is 5.11 Å². The topological polar surface area (TPSA) is 86.5 Å². The molecule has 0 bridgehead atoms. The van der Waals surface area contributed by atoms with Gasteiger partial charge in [0.25, 0.3) is 0 Å². The molecule has 1 aromatic heterocycles. The van der Waals surface area contributed by atoms with Crippen molar-refractivity contribution >= 4 is 22.4 Å². The number of aromatic amines is 1. The normalized spacial score (nSPS) is 11.3. The Balaban J connectivity index is 1.88. The Hall–Kier alpha value is -2.76. The van der Waals surface area contributed by atoms with Crippen molar-refractivity contribution in [3.8, 4) is 5.75 Å². The van der Waals surface area contributed by atoms with E-state index in [1.54, 1.807) is 30.3 Å². The molecule has 0 saturated heterocycles. The van der Waals surface area contributed by atoms with Gasteiger partial charge in [-0.15, -0.1) is 5.10 Å². The van der Waals surface area contributed by atoms with Gasteiger partial charge in [-0.05, 0) is 42.5 Å². The number of hydrogen-bond donors (Lipinski definition) is 2. The number of nitrogens with one attached hydrogen (secondary N) is 1. The molecule has 0 fully saturated rings. The molecule has 2 N–H and O–H groups in total. The number of phenolic OH excluding ortho intramolecular Hbond substituents is 1. The molecular weight excluding hydrogens is 230 g/mol. The van der Waals surface area contributed by atoms with Gasteiger partial charge in [0.05, 0.1) is 16.9 Å². The van der Waals surface area contributed by atoms with Crippen molar-refractivity contribution in [3.05, 3.63) is 42.5 Å². The Morgan fingerprint density at radius 2 is 1.67 bits per heavy atom. The SMILES string of the molecule is Oc1ccc(/N=N/c2ccc3[nH]nnc3c2)cc1. The van der Waals surface area contributed by atoms with Gasteiger partial charge < -0.3 is 5.11 Å². The Bertz CT molecular complexity index is 702. The molecule has 0 saturated carbocycles. The minimum atomic E-state index is 0.206. The van der Waals surface area contributed by atoms with Gasteiger partial charge in [-0.3, -0.25) is 5.10 Å². The van der Waals surface area contributed by atoms with E-state index in [0.717, 1.165) is 11.0 Å². The summed E-state index contributed by atoms with van der Waals surface area (Å²) in [5, 5.41) is 27.7. The van der Waals surface area contributed by atoms with Crippen molar-refractivity contribution < 1.29 is 5.11 Å². The van der Waals surface area contributed by atoms with E-state index in [1.165, 1.54) is 0 Å². The fourth-order valence-corrected chi connectivity index (χ4v) is 1.53. The highest BCUT2D eigenvalue weighted by atomic mass is 16.3. The van der Waals surface area contributed by atoms with E-state index < -0.39 is 0 Å². The average Bonchev–Trinajstić information content (AvgIpc) is 2.85. The molecule has 0 amide bonds. The first-order chi connectivity index (χ1) is 8.81. The number of nitrogens with zero attached hydrogens (tertiary/aromatic N) is 4. The lowest BCUT2D eigenvalue weighted by atomic mass is 10.3. The molecule has 0 atom stereocenters. The van der Waals surface area contributed by atoms with Crippen molar-refractivity contribution in [3.63, 3.8) is 0 Å². The second kappa shape index (κ2) is 4.25. The van der Waals surface area contributed by atoms with E-state index in [0.29, 0.717) is 11.4 Å². The van der Waals surface area contributed by atoms with Crippen LogP contribution in [0.2, 0.25) is 0 Å². The van der Waals surface area contributed by atoms with Crippen LogP contribution in [0.25, 0.3) is 11.0 Å². The van der Waals surface area contributed by atoms with Crippen molar-refractivity contribution in [2.75, 3.05) is 0 Å².